The number of pyridine rings is 1. The van der Waals surface area contributed by atoms with Crippen molar-refractivity contribution in [3.8, 4) is 0 Å². The van der Waals surface area contributed by atoms with E-state index < -0.39 is 0 Å². The predicted octanol–water partition coefficient (Wildman–Crippen LogP) is 5.07. The van der Waals surface area contributed by atoms with Gasteiger partial charge in [-0.25, -0.2) is 0 Å². The zero-order valence-corrected chi connectivity index (χ0v) is 13.2. The van der Waals surface area contributed by atoms with Crippen molar-refractivity contribution in [1.82, 2.24) is 4.98 Å². The lowest BCUT2D eigenvalue weighted by Crippen LogP contribution is -1.91. The van der Waals surface area contributed by atoms with Crippen LogP contribution >= 0.6 is 23.4 Å². The number of nitrogens with two attached hydrogens (primary N) is 1. The van der Waals surface area contributed by atoms with Gasteiger partial charge in [0.05, 0.1) is 10.5 Å². The van der Waals surface area contributed by atoms with Gasteiger partial charge < -0.3 is 5.73 Å². The van der Waals surface area contributed by atoms with Crippen LogP contribution in [0.15, 0.2) is 53.4 Å². The average Bonchev–Trinajstić information content (AvgIpc) is 2.46. The molecule has 0 fully saturated rings. The lowest BCUT2D eigenvalue weighted by molar-refractivity contribution is 1.23. The third-order valence-electron chi connectivity index (χ3n) is 3.27. The summed E-state index contributed by atoms with van der Waals surface area (Å²) in [5, 5.41) is 1.90. The fourth-order valence-electron chi connectivity index (χ4n) is 2.30. The maximum Gasteiger partial charge on any atom is 0.0708 e. The van der Waals surface area contributed by atoms with Crippen molar-refractivity contribution < 1.29 is 0 Å². The van der Waals surface area contributed by atoms with Gasteiger partial charge in [0.15, 0.2) is 0 Å². The highest BCUT2D eigenvalue weighted by Gasteiger charge is 2.06. The molecule has 2 N–H and O–H groups in total. The third kappa shape index (κ3) is 3.14. The molecule has 4 heteroatoms. The molecule has 0 aliphatic rings. The molecule has 0 saturated heterocycles. The first-order valence-corrected chi connectivity index (χ1v) is 8.03. The van der Waals surface area contributed by atoms with Crippen molar-refractivity contribution in [2.45, 2.75) is 17.6 Å². The fourth-order valence-corrected chi connectivity index (χ4v) is 3.57. The molecule has 0 saturated carbocycles. The summed E-state index contributed by atoms with van der Waals surface area (Å²) >= 11 is 7.95. The van der Waals surface area contributed by atoms with Gasteiger partial charge in [-0.05, 0) is 42.8 Å². The van der Waals surface area contributed by atoms with Gasteiger partial charge in [0.2, 0.25) is 0 Å². The fraction of sp³-hybridized carbons (Fsp3) is 0.118. The number of thioether (sulfide) groups is 1. The Labute approximate surface area is 133 Å². The lowest BCUT2D eigenvalue weighted by atomic mass is 10.1. The van der Waals surface area contributed by atoms with Crippen LogP contribution in [-0.4, -0.2) is 4.98 Å². The minimum Gasteiger partial charge on any atom is -0.399 e. The molecule has 2 aromatic carbocycles. The molecule has 0 spiro atoms. The number of aromatic nitrogens is 1. The second-order valence-electron chi connectivity index (χ2n) is 4.92. The van der Waals surface area contributed by atoms with Crippen molar-refractivity contribution in [2.24, 2.45) is 0 Å². The molecule has 0 aliphatic heterocycles. The molecule has 2 nitrogen and oxygen atoms in total. The highest BCUT2D eigenvalue weighted by molar-refractivity contribution is 7.98. The monoisotopic (exact) mass is 314 g/mol. The molecule has 1 heterocycles. The van der Waals surface area contributed by atoms with E-state index in [9.17, 15) is 0 Å². The van der Waals surface area contributed by atoms with Crippen molar-refractivity contribution >= 4 is 40.0 Å². The summed E-state index contributed by atoms with van der Waals surface area (Å²) in [7, 11) is 0. The largest absolute Gasteiger partial charge is 0.399 e. The van der Waals surface area contributed by atoms with Gasteiger partial charge in [-0.3, -0.25) is 4.98 Å². The summed E-state index contributed by atoms with van der Waals surface area (Å²) in [6.07, 6.45) is 0. The topological polar surface area (TPSA) is 38.9 Å². The van der Waals surface area contributed by atoms with E-state index >= 15 is 0 Å². The molecule has 21 heavy (non-hydrogen) atoms. The van der Waals surface area contributed by atoms with Crippen molar-refractivity contribution in [3.05, 3.63) is 64.8 Å². The summed E-state index contributed by atoms with van der Waals surface area (Å²) in [6, 6.07) is 16.0. The minimum atomic E-state index is 0.689. The Morgan fingerprint density at radius 1 is 1.14 bits per heavy atom. The van der Waals surface area contributed by atoms with E-state index in [4.69, 9.17) is 17.3 Å². The van der Waals surface area contributed by atoms with Crippen LogP contribution in [0.4, 0.5) is 5.69 Å². The van der Waals surface area contributed by atoms with Gasteiger partial charge in [0.1, 0.15) is 0 Å². The molecule has 0 amide bonds. The number of benzene rings is 2. The number of fused-ring (bicyclic) bond motifs is 1. The standard InChI is InChI=1S/C17H15ClN2S/c1-11-8-12(14-4-2-3-5-16(14)20-11)10-21-17-7-6-13(19)9-15(17)18/h2-9H,10,19H2,1H3. The van der Waals surface area contributed by atoms with Gasteiger partial charge in [-0.1, -0.05) is 29.8 Å². The summed E-state index contributed by atoms with van der Waals surface area (Å²) in [4.78, 5) is 5.61. The van der Waals surface area contributed by atoms with Gasteiger partial charge in [0, 0.05) is 27.4 Å². The molecular formula is C17H15ClN2S. The Morgan fingerprint density at radius 2 is 1.95 bits per heavy atom. The van der Waals surface area contributed by atoms with E-state index in [0.717, 1.165) is 21.9 Å². The Bertz CT molecular complexity index is 802. The first-order chi connectivity index (χ1) is 10.1. The average molecular weight is 315 g/mol. The summed E-state index contributed by atoms with van der Waals surface area (Å²) in [5.41, 5.74) is 9.76. The van der Waals surface area contributed by atoms with Gasteiger partial charge >= 0.3 is 0 Å². The van der Waals surface area contributed by atoms with Crippen LogP contribution in [-0.2, 0) is 5.75 Å². The Morgan fingerprint density at radius 3 is 2.76 bits per heavy atom. The molecule has 0 atom stereocenters. The first-order valence-electron chi connectivity index (χ1n) is 6.66. The number of hydrogen-bond acceptors (Lipinski definition) is 3. The van der Waals surface area contributed by atoms with Crippen LogP contribution in [0.2, 0.25) is 5.02 Å². The zero-order chi connectivity index (χ0) is 14.8. The van der Waals surface area contributed by atoms with Crippen LogP contribution in [0.3, 0.4) is 0 Å². The normalized spacial score (nSPS) is 11.0. The predicted molar refractivity (Wildman–Crippen MR) is 91.9 cm³/mol. The molecule has 1 aromatic heterocycles. The van der Waals surface area contributed by atoms with Crippen LogP contribution in [0.25, 0.3) is 10.9 Å². The maximum atomic E-state index is 6.23. The highest BCUT2D eigenvalue weighted by atomic mass is 35.5. The smallest absolute Gasteiger partial charge is 0.0708 e. The molecule has 3 aromatic rings. The maximum absolute atomic E-state index is 6.23. The number of nitrogens with zero attached hydrogens (tertiary/aromatic N) is 1. The number of halogens is 1. The van der Waals surface area contributed by atoms with E-state index in [1.165, 1.54) is 10.9 Å². The summed E-state index contributed by atoms with van der Waals surface area (Å²) in [5.74, 6) is 0.855. The van der Waals surface area contributed by atoms with Crippen LogP contribution in [0.5, 0.6) is 0 Å². The Hall–Kier alpha value is -1.71. The number of aryl methyl sites for hydroxylation is 1. The molecule has 0 bridgehead atoms. The van der Waals surface area contributed by atoms with Crippen molar-refractivity contribution in [1.29, 1.82) is 0 Å². The SMILES string of the molecule is Cc1cc(CSc2ccc(N)cc2Cl)c2ccccc2n1. The van der Waals surface area contributed by atoms with E-state index in [-0.39, 0.29) is 0 Å². The molecule has 0 aliphatic carbocycles. The van der Waals surface area contributed by atoms with E-state index in [1.807, 2.05) is 37.3 Å². The number of hydrogen-bond donors (Lipinski definition) is 1. The Kier molecular flexibility index (Phi) is 4.04. The first kappa shape index (κ1) is 14.2. The van der Waals surface area contributed by atoms with Crippen molar-refractivity contribution in [3.63, 3.8) is 0 Å². The molecule has 3 rings (SSSR count). The van der Waals surface area contributed by atoms with Gasteiger partial charge in [-0.2, -0.15) is 0 Å². The molecule has 0 radical (unpaired) electrons. The molecular weight excluding hydrogens is 300 g/mol. The summed E-state index contributed by atoms with van der Waals surface area (Å²) in [6.45, 7) is 2.02. The number of rotatable bonds is 3. The summed E-state index contributed by atoms with van der Waals surface area (Å²) < 4.78 is 0. The minimum absolute atomic E-state index is 0.689. The van der Waals surface area contributed by atoms with E-state index in [0.29, 0.717) is 10.7 Å². The quantitative estimate of drug-likeness (QED) is 0.542. The van der Waals surface area contributed by atoms with E-state index in [1.54, 1.807) is 17.8 Å². The Balaban J connectivity index is 1.91. The molecule has 106 valence electrons. The molecule has 0 unspecified atom stereocenters. The number of para-hydroxylation sites is 1. The lowest BCUT2D eigenvalue weighted by Gasteiger charge is -2.09. The zero-order valence-electron chi connectivity index (χ0n) is 11.6. The van der Waals surface area contributed by atoms with Crippen LogP contribution in [0, 0.1) is 6.92 Å². The van der Waals surface area contributed by atoms with Gasteiger partial charge in [0.25, 0.3) is 0 Å². The number of anilines is 1. The van der Waals surface area contributed by atoms with E-state index in [2.05, 4.69) is 17.1 Å². The van der Waals surface area contributed by atoms with Gasteiger partial charge in [-0.15, -0.1) is 11.8 Å². The second-order valence-corrected chi connectivity index (χ2v) is 6.34. The van der Waals surface area contributed by atoms with Crippen LogP contribution in [0.1, 0.15) is 11.3 Å². The second kappa shape index (κ2) is 5.96. The third-order valence-corrected chi connectivity index (χ3v) is 4.82. The highest BCUT2D eigenvalue weighted by Crippen LogP contribution is 2.32. The number of nitrogen functional groups attached to an aromatic ring is 1. The van der Waals surface area contributed by atoms with Crippen LogP contribution < -0.4 is 5.73 Å². The van der Waals surface area contributed by atoms with Crippen molar-refractivity contribution in [2.75, 3.05) is 5.73 Å².